The van der Waals surface area contributed by atoms with E-state index in [2.05, 4.69) is 44.3 Å². The third-order valence-electron chi connectivity index (χ3n) is 7.06. The minimum absolute atomic E-state index is 0.0145. The van der Waals surface area contributed by atoms with Gasteiger partial charge in [0.25, 0.3) is 0 Å². The Labute approximate surface area is 197 Å². The maximum absolute atomic E-state index is 13.1. The molecule has 1 aromatic carbocycles. The summed E-state index contributed by atoms with van der Waals surface area (Å²) in [6.45, 7) is 14.7. The van der Waals surface area contributed by atoms with E-state index in [1.54, 1.807) is 27.7 Å². The molecule has 0 saturated carbocycles. The largest absolute Gasteiger partial charge is 0.487 e. The van der Waals surface area contributed by atoms with E-state index >= 15 is 0 Å². The Morgan fingerprint density at radius 1 is 1.27 bits per heavy atom. The number of alkyl carbamates (subject to hydrolysis) is 1. The van der Waals surface area contributed by atoms with E-state index in [1.165, 1.54) is 5.56 Å². The fourth-order valence-corrected chi connectivity index (χ4v) is 5.43. The van der Waals surface area contributed by atoms with Crippen LogP contribution in [0.3, 0.4) is 0 Å². The average molecular weight is 459 g/mol. The Morgan fingerprint density at radius 2 is 2.00 bits per heavy atom. The van der Waals surface area contributed by atoms with Crippen LogP contribution in [-0.4, -0.2) is 53.3 Å². The molecule has 4 rings (SSSR count). The summed E-state index contributed by atoms with van der Waals surface area (Å²) in [6.07, 6.45) is 1.29. The molecule has 0 radical (unpaired) electrons. The second-order valence-electron chi connectivity index (χ2n) is 11.4. The lowest BCUT2D eigenvalue weighted by Crippen LogP contribution is -2.58. The van der Waals surface area contributed by atoms with E-state index in [9.17, 15) is 9.59 Å². The SMILES string of the molecule is Cc1ccc2c(c1)OC(C)(C)[C@@H]1C[C@H]3CN(C(=O)[C@@H](C)NC(=O)OC(C)(C)C)CC[C@H]3O[C@@H]21. The number of piperidine rings is 1. The zero-order valence-corrected chi connectivity index (χ0v) is 20.9. The van der Waals surface area contributed by atoms with Crippen molar-refractivity contribution in [1.82, 2.24) is 10.2 Å². The number of fused-ring (bicyclic) bond motifs is 4. The van der Waals surface area contributed by atoms with Crippen molar-refractivity contribution in [3.63, 3.8) is 0 Å². The molecule has 7 heteroatoms. The molecule has 5 atom stereocenters. The van der Waals surface area contributed by atoms with Crippen LogP contribution in [0.4, 0.5) is 4.79 Å². The topological polar surface area (TPSA) is 77.1 Å². The second-order valence-corrected chi connectivity index (χ2v) is 11.4. The number of carbonyl (C=O) groups is 2. The molecule has 0 bridgehead atoms. The summed E-state index contributed by atoms with van der Waals surface area (Å²) in [4.78, 5) is 27.0. The number of hydrogen-bond donors (Lipinski definition) is 1. The van der Waals surface area contributed by atoms with Gasteiger partial charge < -0.3 is 24.4 Å². The summed E-state index contributed by atoms with van der Waals surface area (Å²) in [5.41, 5.74) is 1.36. The predicted molar refractivity (Wildman–Crippen MR) is 125 cm³/mol. The van der Waals surface area contributed by atoms with Gasteiger partial charge in [0.05, 0.1) is 12.2 Å². The number of nitrogens with one attached hydrogen (secondary N) is 1. The Kier molecular flexibility index (Phi) is 6.14. The van der Waals surface area contributed by atoms with Gasteiger partial charge in [-0.05, 0) is 72.9 Å². The summed E-state index contributed by atoms with van der Waals surface area (Å²) < 4.78 is 18.4. The molecule has 2 amide bonds. The smallest absolute Gasteiger partial charge is 0.408 e. The van der Waals surface area contributed by atoms with Crippen LogP contribution in [0.5, 0.6) is 5.75 Å². The quantitative estimate of drug-likeness (QED) is 0.712. The lowest BCUT2D eigenvalue weighted by Gasteiger charge is -2.53. The summed E-state index contributed by atoms with van der Waals surface area (Å²) in [5, 5.41) is 2.68. The third-order valence-corrected chi connectivity index (χ3v) is 7.06. The maximum atomic E-state index is 13.1. The number of likely N-dealkylation sites (tertiary alicyclic amines) is 1. The van der Waals surface area contributed by atoms with Gasteiger partial charge in [-0.3, -0.25) is 4.79 Å². The highest BCUT2D eigenvalue weighted by Gasteiger charge is 2.51. The number of aryl methyl sites for hydroxylation is 1. The number of nitrogens with zero attached hydrogens (tertiary/aromatic N) is 1. The maximum Gasteiger partial charge on any atom is 0.408 e. The Morgan fingerprint density at radius 3 is 2.70 bits per heavy atom. The van der Waals surface area contributed by atoms with E-state index in [4.69, 9.17) is 14.2 Å². The van der Waals surface area contributed by atoms with E-state index in [-0.39, 0.29) is 35.6 Å². The summed E-state index contributed by atoms with van der Waals surface area (Å²) in [6, 6.07) is 5.72. The van der Waals surface area contributed by atoms with Crippen LogP contribution in [0.1, 0.15) is 71.6 Å². The molecule has 0 spiro atoms. The van der Waals surface area contributed by atoms with Crippen molar-refractivity contribution in [3.05, 3.63) is 29.3 Å². The summed E-state index contributed by atoms with van der Waals surface area (Å²) in [5.74, 6) is 1.30. The molecule has 182 valence electrons. The first-order valence-corrected chi connectivity index (χ1v) is 12.1. The van der Waals surface area contributed by atoms with Crippen molar-refractivity contribution in [3.8, 4) is 5.75 Å². The minimum Gasteiger partial charge on any atom is -0.487 e. The van der Waals surface area contributed by atoms with Gasteiger partial charge in [-0.15, -0.1) is 0 Å². The second kappa shape index (κ2) is 8.49. The van der Waals surface area contributed by atoms with Gasteiger partial charge in [0.15, 0.2) is 0 Å². The van der Waals surface area contributed by atoms with Crippen molar-refractivity contribution < 1.29 is 23.8 Å². The minimum atomic E-state index is -0.641. The number of benzene rings is 1. The van der Waals surface area contributed by atoms with Crippen LogP contribution < -0.4 is 10.1 Å². The highest BCUT2D eigenvalue weighted by Crippen LogP contribution is 2.53. The molecule has 0 unspecified atom stereocenters. The molecule has 1 aromatic rings. The van der Waals surface area contributed by atoms with Crippen LogP contribution in [0, 0.1) is 18.8 Å². The highest BCUT2D eigenvalue weighted by atomic mass is 16.6. The molecule has 0 aromatic heterocycles. The molecule has 3 aliphatic heterocycles. The van der Waals surface area contributed by atoms with Gasteiger partial charge in [0, 0.05) is 30.5 Å². The lowest BCUT2D eigenvalue weighted by atomic mass is 9.70. The van der Waals surface area contributed by atoms with Gasteiger partial charge >= 0.3 is 6.09 Å². The number of hydrogen-bond acceptors (Lipinski definition) is 5. The zero-order chi connectivity index (χ0) is 24.1. The van der Waals surface area contributed by atoms with E-state index in [0.29, 0.717) is 13.1 Å². The first-order valence-electron chi connectivity index (χ1n) is 12.1. The molecule has 1 N–H and O–H groups in total. The van der Waals surface area contributed by atoms with Crippen LogP contribution >= 0.6 is 0 Å². The summed E-state index contributed by atoms with van der Waals surface area (Å²) in [7, 11) is 0. The Balaban J connectivity index is 1.43. The van der Waals surface area contributed by atoms with E-state index in [1.807, 2.05) is 4.90 Å². The molecule has 3 aliphatic rings. The number of rotatable bonds is 2. The van der Waals surface area contributed by atoms with Gasteiger partial charge in [0.2, 0.25) is 5.91 Å². The number of carbonyl (C=O) groups excluding carboxylic acids is 2. The molecule has 2 saturated heterocycles. The first kappa shape index (κ1) is 23.9. The average Bonchev–Trinajstić information content (AvgIpc) is 2.69. The molecule has 33 heavy (non-hydrogen) atoms. The molecule has 7 nitrogen and oxygen atoms in total. The van der Waals surface area contributed by atoms with Crippen molar-refractivity contribution in [2.45, 2.75) is 90.8 Å². The van der Waals surface area contributed by atoms with Gasteiger partial charge in [0.1, 0.15) is 23.0 Å². The van der Waals surface area contributed by atoms with Gasteiger partial charge in [-0.1, -0.05) is 12.1 Å². The Bertz CT molecular complexity index is 922. The molecule has 0 aliphatic carbocycles. The standard InChI is InChI=1S/C26H38N2O5/c1-15-8-9-18-21(12-15)32-26(6,7)19-13-17-14-28(11-10-20(17)31-22(18)19)23(29)16(2)27-24(30)33-25(3,4)5/h8-9,12,16-17,19-20,22H,10-11,13-14H2,1-7H3,(H,27,30)/t16-,17+,19-,20-,22+/m1/s1. The van der Waals surface area contributed by atoms with Gasteiger partial charge in [-0.2, -0.15) is 0 Å². The van der Waals surface area contributed by atoms with Crippen molar-refractivity contribution in [2.24, 2.45) is 11.8 Å². The van der Waals surface area contributed by atoms with Crippen LogP contribution in [-0.2, 0) is 14.3 Å². The normalized spacial score (nSPS) is 29.0. The Hall–Kier alpha value is -2.28. The predicted octanol–water partition coefficient (Wildman–Crippen LogP) is 4.37. The number of amides is 2. The van der Waals surface area contributed by atoms with Crippen molar-refractivity contribution in [1.29, 1.82) is 0 Å². The monoisotopic (exact) mass is 458 g/mol. The lowest BCUT2D eigenvalue weighted by molar-refractivity contribution is -0.189. The van der Waals surface area contributed by atoms with E-state index < -0.39 is 17.7 Å². The van der Waals surface area contributed by atoms with Crippen molar-refractivity contribution >= 4 is 12.0 Å². The molecule has 2 fully saturated rings. The van der Waals surface area contributed by atoms with Crippen LogP contribution in [0.15, 0.2) is 18.2 Å². The summed E-state index contributed by atoms with van der Waals surface area (Å²) >= 11 is 0. The fourth-order valence-electron chi connectivity index (χ4n) is 5.43. The van der Waals surface area contributed by atoms with E-state index in [0.717, 1.165) is 24.2 Å². The third kappa shape index (κ3) is 4.98. The zero-order valence-electron chi connectivity index (χ0n) is 20.9. The van der Waals surface area contributed by atoms with Gasteiger partial charge in [-0.25, -0.2) is 4.79 Å². The molecule has 3 heterocycles. The molecular weight excluding hydrogens is 420 g/mol. The highest BCUT2D eigenvalue weighted by molar-refractivity contribution is 5.85. The first-order chi connectivity index (χ1) is 15.3. The van der Waals surface area contributed by atoms with Crippen LogP contribution in [0.2, 0.25) is 0 Å². The number of ether oxygens (including phenoxy) is 3. The van der Waals surface area contributed by atoms with Crippen molar-refractivity contribution in [2.75, 3.05) is 13.1 Å². The van der Waals surface area contributed by atoms with Crippen LogP contribution in [0.25, 0.3) is 0 Å². The molecular formula is C26H38N2O5. The fraction of sp³-hybridized carbons (Fsp3) is 0.692.